The molecule has 0 aromatic carbocycles. The number of aromatic nitrogens is 2. The molecule has 3 heterocycles. The minimum atomic E-state index is 0.107. The van der Waals surface area contributed by atoms with Crippen molar-refractivity contribution in [3.8, 4) is 11.1 Å². The second kappa shape index (κ2) is 8.71. The van der Waals surface area contributed by atoms with Crippen LogP contribution in [0.5, 0.6) is 11.1 Å². The van der Waals surface area contributed by atoms with Crippen molar-refractivity contribution < 1.29 is 23.7 Å². The fourth-order valence-corrected chi connectivity index (χ4v) is 4.18. The maximum Gasteiger partial charge on any atom is 0.276 e. The Hall–Kier alpha value is -1.77. The molecule has 0 amide bonds. The van der Waals surface area contributed by atoms with E-state index in [1.165, 1.54) is 11.3 Å². The van der Waals surface area contributed by atoms with Gasteiger partial charge in [0.15, 0.2) is 4.83 Å². The van der Waals surface area contributed by atoms with Crippen molar-refractivity contribution in [1.82, 2.24) is 9.97 Å². The zero-order valence-corrected chi connectivity index (χ0v) is 17.1. The summed E-state index contributed by atoms with van der Waals surface area (Å²) in [6.07, 6.45) is 2.98. The van der Waals surface area contributed by atoms with Gasteiger partial charge in [-0.2, -0.15) is 0 Å². The largest absolute Gasteiger partial charge is 0.477 e. The Balaban J connectivity index is 1.19. The molecular weight excluding hydrogens is 380 g/mol. The molecule has 1 aliphatic heterocycles. The van der Waals surface area contributed by atoms with E-state index in [0.29, 0.717) is 49.8 Å². The fourth-order valence-electron chi connectivity index (χ4n) is 3.34. The lowest BCUT2D eigenvalue weighted by Crippen LogP contribution is -2.38. The van der Waals surface area contributed by atoms with Gasteiger partial charge in [0.2, 0.25) is 5.88 Å². The Bertz CT molecular complexity index is 816. The standard InChI is InChI=1S/C20H26N2O5S/c1-12(5-13(2)23)8-25-15-6-14(7-15)9-26-18-4-3-17-19(22-18)28-20(21-17)27-16-10-24-11-16/h3-4,12,14-16H,5-11H2,1-2H3/t12-,14?,15?/m1/s1. The zero-order valence-electron chi connectivity index (χ0n) is 16.3. The quantitative estimate of drug-likeness (QED) is 0.599. The van der Waals surface area contributed by atoms with Crippen molar-refractivity contribution >= 4 is 27.5 Å². The SMILES string of the molecule is CC(=O)C[C@@H](C)COC1CC(COc2ccc3nc(OC4COC4)sc3n2)C1. The van der Waals surface area contributed by atoms with E-state index in [0.717, 1.165) is 23.2 Å². The Kier molecular flexibility index (Phi) is 6.08. The first kappa shape index (κ1) is 19.5. The van der Waals surface area contributed by atoms with Crippen molar-refractivity contribution in [2.75, 3.05) is 26.4 Å². The van der Waals surface area contributed by atoms with Gasteiger partial charge >= 0.3 is 0 Å². The van der Waals surface area contributed by atoms with Crippen LogP contribution in [0.2, 0.25) is 0 Å². The number of fused-ring (bicyclic) bond motifs is 1. The summed E-state index contributed by atoms with van der Waals surface area (Å²) in [5.74, 6) is 1.62. The first-order valence-electron chi connectivity index (χ1n) is 9.81. The number of Topliss-reactive ketones (excluding diaryl/α,β-unsaturated/α-hetero) is 1. The number of hydrogen-bond acceptors (Lipinski definition) is 8. The topological polar surface area (TPSA) is 79.8 Å². The molecule has 1 aliphatic carbocycles. The third-order valence-electron chi connectivity index (χ3n) is 5.00. The molecule has 2 aliphatic rings. The molecule has 152 valence electrons. The van der Waals surface area contributed by atoms with E-state index < -0.39 is 0 Å². The molecule has 0 unspecified atom stereocenters. The number of thiazole rings is 1. The van der Waals surface area contributed by atoms with Crippen LogP contribution in [0.15, 0.2) is 12.1 Å². The van der Waals surface area contributed by atoms with E-state index >= 15 is 0 Å². The summed E-state index contributed by atoms with van der Waals surface area (Å²) in [6, 6.07) is 3.77. The molecule has 0 bridgehead atoms. The van der Waals surface area contributed by atoms with Crippen LogP contribution in [0.4, 0.5) is 0 Å². The van der Waals surface area contributed by atoms with Crippen LogP contribution in [0, 0.1) is 11.8 Å². The van der Waals surface area contributed by atoms with Gasteiger partial charge in [-0.3, -0.25) is 0 Å². The molecule has 2 fully saturated rings. The minimum Gasteiger partial charge on any atom is -0.477 e. The van der Waals surface area contributed by atoms with E-state index in [1.807, 2.05) is 12.1 Å². The highest BCUT2D eigenvalue weighted by Crippen LogP contribution is 2.32. The van der Waals surface area contributed by atoms with Crippen LogP contribution in [0.1, 0.15) is 33.1 Å². The summed E-state index contributed by atoms with van der Waals surface area (Å²) in [6.45, 7) is 6.22. The van der Waals surface area contributed by atoms with E-state index in [-0.39, 0.29) is 23.9 Å². The van der Waals surface area contributed by atoms with Gasteiger partial charge in [0.05, 0.1) is 25.9 Å². The van der Waals surface area contributed by atoms with Crippen molar-refractivity contribution in [1.29, 1.82) is 0 Å². The number of ether oxygens (including phenoxy) is 4. The lowest BCUT2D eigenvalue weighted by Gasteiger charge is -2.35. The number of hydrogen-bond donors (Lipinski definition) is 0. The Morgan fingerprint density at radius 1 is 1.29 bits per heavy atom. The molecular formula is C20H26N2O5S. The molecule has 7 nitrogen and oxygen atoms in total. The minimum absolute atomic E-state index is 0.107. The third-order valence-corrected chi connectivity index (χ3v) is 5.85. The van der Waals surface area contributed by atoms with Crippen LogP contribution in [0.25, 0.3) is 10.3 Å². The number of carbonyl (C=O) groups is 1. The highest BCUT2D eigenvalue weighted by molar-refractivity contribution is 7.19. The number of rotatable bonds is 10. The van der Waals surface area contributed by atoms with E-state index in [1.54, 1.807) is 6.92 Å². The Morgan fingerprint density at radius 3 is 2.82 bits per heavy atom. The molecule has 2 aromatic rings. The van der Waals surface area contributed by atoms with E-state index in [9.17, 15) is 4.79 Å². The second-order valence-corrected chi connectivity index (χ2v) is 8.79. The predicted octanol–water partition coefficient (Wildman–Crippen LogP) is 3.26. The average molecular weight is 407 g/mol. The lowest BCUT2D eigenvalue weighted by atomic mass is 9.83. The fraction of sp³-hybridized carbons (Fsp3) is 0.650. The summed E-state index contributed by atoms with van der Waals surface area (Å²) in [5, 5.41) is 0.630. The van der Waals surface area contributed by atoms with Crippen LogP contribution in [-0.4, -0.2) is 54.4 Å². The maximum atomic E-state index is 11.1. The van der Waals surface area contributed by atoms with Gasteiger partial charge in [-0.15, -0.1) is 0 Å². The lowest BCUT2D eigenvalue weighted by molar-refractivity contribution is -0.119. The molecule has 0 radical (unpaired) electrons. The first-order valence-corrected chi connectivity index (χ1v) is 10.6. The van der Waals surface area contributed by atoms with E-state index in [2.05, 4.69) is 16.9 Å². The van der Waals surface area contributed by atoms with Crippen molar-refractivity contribution in [3.05, 3.63) is 12.1 Å². The van der Waals surface area contributed by atoms with Gasteiger partial charge in [-0.25, -0.2) is 9.97 Å². The number of pyridine rings is 1. The molecule has 1 atom stereocenters. The van der Waals surface area contributed by atoms with Gasteiger partial charge in [0.25, 0.3) is 5.19 Å². The molecule has 28 heavy (non-hydrogen) atoms. The van der Waals surface area contributed by atoms with Gasteiger partial charge in [0, 0.05) is 19.1 Å². The molecule has 8 heteroatoms. The smallest absolute Gasteiger partial charge is 0.276 e. The predicted molar refractivity (Wildman–Crippen MR) is 105 cm³/mol. The van der Waals surface area contributed by atoms with Gasteiger partial charge in [-0.1, -0.05) is 18.3 Å². The number of carbonyl (C=O) groups excluding carboxylic acids is 1. The van der Waals surface area contributed by atoms with Gasteiger partial charge in [-0.05, 0) is 37.7 Å². The molecule has 1 saturated heterocycles. The molecule has 1 saturated carbocycles. The monoisotopic (exact) mass is 406 g/mol. The van der Waals surface area contributed by atoms with Crippen molar-refractivity contribution in [2.45, 2.75) is 45.3 Å². The summed E-state index contributed by atoms with van der Waals surface area (Å²) in [7, 11) is 0. The van der Waals surface area contributed by atoms with E-state index in [4.69, 9.17) is 18.9 Å². The Morgan fingerprint density at radius 2 is 2.11 bits per heavy atom. The highest BCUT2D eigenvalue weighted by Gasteiger charge is 2.31. The van der Waals surface area contributed by atoms with Crippen LogP contribution in [-0.2, 0) is 14.3 Å². The summed E-state index contributed by atoms with van der Waals surface area (Å²) < 4.78 is 22.6. The van der Waals surface area contributed by atoms with Crippen LogP contribution >= 0.6 is 11.3 Å². The van der Waals surface area contributed by atoms with Crippen LogP contribution in [0.3, 0.4) is 0 Å². The highest BCUT2D eigenvalue weighted by atomic mass is 32.1. The molecule has 4 rings (SSSR count). The normalized spacial score (nSPS) is 23.1. The third kappa shape index (κ3) is 4.98. The molecule has 0 N–H and O–H groups in total. The molecule has 0 spiro atoms. The maximum absolute atomic E-state index is 11.1. The molecule has 2 aromatic heterocycles. The van der Waals surface area contributed by atoms with Crippen molar-refractivity contribution in [3.63, 3.8) is 0 Å². The average Bonchev–Trinajstić information content (AvgIpc) is 2.97. The van der Waals surface area contributed by atoms with Gasteiger partial charge in [0.1, 0.15) is 17.4 Å². The zero-order chi connectivity index (χ0) is 19.5. The summed E-state index contributed by atoms with van der Waals surface area (Å²) in [5.41, 5.74) is 0.824. The first-order chi connectivity index (χ1) is 13.5. The second-order valence-electron chi connectivity index (χ2n) is 7.85. The summed E-state index contributed by atoms with van der Waals surface area (Å²) >= 11 is 1.43. The van der Waals surface area contributed by atoms with Gasteiger partial charge < -0.3 is 23.7 Å². The number of nitrogens with zero attached hydrogens (tertiary/aromatic N) is 2. The van der Waals surface area contributed by atoms with Crippen molar-refractivity contribution in [2.24, 2.45) is 11.8 Å². The Labute approximate surface area is 168 Å². The summed E-state index contributed by atoms with van der Waals surface area (Å²) in [4.78, 5) is 20.9. The van der Waals surface area contributed by atoms with Crippen LogP contribution < -0.4 is 9.47 Å². The number of ketones is 1.